The summed E-state index contributed by atoms with van der Waals surface area (Å²) >= 11 is 3.76. The molecular weight excluding hydrogens is 598 g/mol. The third kappa shape index (κ3) is 5.34. The molecule has 1 spiro atoms. The molecular formula is C33H38BrN3O5. The molecule has 42 heavy (non-hydrogen) atoms. The lowest BCUT2D eigenvalue weighted by Crippen LogP contribution is -2.57. The lowest BCUT2D eigenvalue weighted by Gasteiger charge is -2.37. The molecule has 0 radical (unpaired) electrons. The van der Waals surface area contributed by atoms with Crippen LogP contribution in [0.1, 0.15) is 24.8 Å². The van der Waals surface area contributed by atoms with Gasteiger partial charge in [-0.25, -0.2) is 0 Å². The van der Waals surface area contributed by atoms with Crippen molar-refractivity contribution in [1.29, 1.82) is 0 Å². The van der Waals surface area contributed by atoms with Crippen molar-refractivity contribution in [2.75, 3.05) is 31.1 Å². The maximum Gasteiger partial charge on any atom is 0.248 e. The molecule has 5 rings (SSSR count). The number of para-hydroxylation sites is 1. The summed E-state index contributed by atoms with van der Waals surface area (Å²) in [7, 11) is 0. The molecule has 3 heterocycles. The number of aliphatic hydroxyl groups is 1. The molecule has 0 saturated carbocycles. The molecule has 6 atom stereocenters. The number of rotatable bonds is 13. The molecule has 2 bridgehead atoms. The Morgan fingerprint density at radius 3 is 2.33 bits per heavy atom. The number of halogens is 1. The molecule has 9 heteroatoms. The van der Waals surface area contributed by atoms with Crippen LogP contribution >= 0.6 is 15.9 Å². The van der Waals surface area contributed by atoms with E-state index in [1.54, 1.807) is 26.9 Å². The van der Waals surface area contributed by atoms with Gasteiger partial charge in [0.15, 0.2) is 0 Å². The van der Waals surface area contributed by atoms with E-state index in [0.717, 1.165) is 5.56 Å². The van der Waals surface area contributed by atoms with Crippen molar-refractivity contribution in [2.24, 2.45) is 11.8 Å². The molecule has 8 nitrogen and oxygen atoms in total. The van der Waals surface area contributed by atoms with E-state index >= 15 is 0 Å². The molecule has 3 saturated heterocycles. The van der Waals surface area contributed by atoms with Gasteiger partial charge in [-0.2, -0.15) is 0 Å². The van der Waals surface area contributed by atoms with E-state index in [4.69, 9.17) is 4.74 Å². The fourth-order valence-corrected chi connectivity index (χ4v) is 7.87. The Morgan fingerprint density at radius 1 is 1.02 bits per heavy atom. The predicted octanol–water partition coefficient (Wildman–Crippen LogP) is 3.94. The number of benzene rings is 2. The van der Waals surface area contributed by atoms with E-state index in [-0.39, 0.29) is 42.2 Å². The number of hydrogen-bond acceptors (Lipinski definition) is 5. The first-order valence-corrected chi connectivity index (χ1v) is 15.4. The first kappa shape index (κ1) is 30.2. The van der Waals surface area contributed by atoms with E-state index in [9.17, 15) is 19.5 Å². The van der Waals surface area contributed by atoms with Crippen LogP contribution < -0.4 is 4.90 Å². The largest absolute Gasteiger partial charge is 0.396 e. The van der Waals surface area contributed by atoms with Crippen molar-refractivity contribution in [3.8, 4) is 0 Å². The number of amides is 3. The lowest BCUT2D eigenvalue weighted by atomic mass is 9.70. The second kappa shape index (κ2) is 12.9. The molecule has 0 aliphatic carbocycles. The number of unbranched alkanes of at least 4 members (excludes halogenated alkanes) is 1. The van der Waals surface area contributed by atoms with E-state index in [1.165, 1.54) is 0 Å². The van der Waals surface area contributed by atoms with Gasteiger partial charge < -0.3 is 24.5 Å². The number of nitrogens with zero attached hydrogens (tertiary/aromatic N) is 3. The third-order valence-corrected chi connectivity index (χ3v) is 9.48. The molecule has 3 amide bonds. The van der Waals surface area contributed by atoms with Crippen LogP contribution in [0.25, 0.3) is 0 Å². The first-order valence-electron chi connectivity index (χ1n) is 14.5. The minimum Gasteiger partial charge on any atom is -0.396 e. The second-order valence-electron chi connectivity index (χ2n) is 11.2. The van der Waals surface area contributed by atoms with E-state index < -0.39 is 29.6 Å². The van der Waals surface area contributed by atoms with Crippen LogP contribution in [0.2, 0.25) is 0 Å². The molecule has 3 aliphatic heterocycles. The van der Waals surface area contributed by atoms with Gasteiger partial charge >= 0.3 is 0 Å². The van der Waals surface area contributed by atoms with Crippen molar-refractivity contribution >= 4 is 39.3 Å². The standard InChI is InChI=1S/C33H38BrN3O5/c1-3-17-35(22-23-13-7-5-8-14-23)32(41)29-33-21-25(34)28(42-33)26(27(33)31(40)37(29)19-11-12-20-38)30(39)36(18-4-2)24-15-9-6-10-16-24/h3-10,13-16,25-29,38H,1-2,11-12,17-22H2/t25?,26-,27-,28-,29?,33?/m0/s1. The van der Waals surface area contributed by atoms with Crippen molar-refractivity contribution in [2.45, 2.75) is 48.4 Å². The third-order valence-electron chi connectivity index (χ3n) is 8.64. The maximum atomic E-state index is 14.5. The van der Waals surface area contributed by atoms with E-state index in [2.05, 4.69) is 29.1 Å². The molecule has 1 N–H and O–H groups in total. The number of fused-ring (bicyclic) bond motifs is 1. The highest BCUT2D eigenvalue weighted by Crippen LogP contribution is 2.60. The zero-order chi connectivity index (χ0) is 29.9. The van der Waals surface area contributed by atoms with Gasteiger partial charge in [0.25, 0.3) is 0 Å². The average molecular weight is 637 g/mol. The number of hydrogen-bond donors (Lipinski definition) is 1. The van der Waals surface area contributed by atoms with Crippen molar-refractivity contribution in [1.82, 2.24) is 9.80 Å². The fraction of sp³-hybridized carbons (Fsp3) is 0.424. The summed E-state index contributed by atoms with van der Waals surface area (Å²) in [5.74, 6) is -2.25. The van der Waals surface area contributed by atoms with Crippen LogP contribution in [0.5, 0.6) is 0 Å². The highest BCUT2D eigenvalue weighted by molar-refractivity contribution is 9.09. The summed E-state index contributed by atoms with van der Waals surface area (Å²) in [5, 5.41) is 9.46. The molecule has 3 fully saturated rings. The van der Waals surface area contributed by atoms with Crippen LogP contribution in [-0.2, 0) is 25.7 Å². The second-order valence-corrected chi connectivity index (χ2v) is 12.4. The Hall–Kier alpha value is -3.27. The van der Waals surface area contributed by atoms with Crippen molar-refractivity contribution in [3.05, 3.63) is 91.5 Å². The summed E-state index contributed by atoms with van der Waals surface area (Å²) < 4.78 is 6.71. The maximum absolute atomic E-state index is 14.5. The summed E-state index contributed by atoms with van der Waals surface area (Å²) in [4.78, 5) is 48.0. The lowest BCUT2D eigenvalue weighted by molar-refractivity contribution is -0.148. The van der Waals surface area contributed by atoms with Gasteiger partial charge in [0.05, 0.1) is 17.9 Å². The number of likely N-dealkylation sites (tertiary alicyclic amines) is 1. The molecule has 2 aromatic rings. The summed E-state index contributed by atoms with van der Waals surface area (Å²) in [6.07, 6.45) is 4.26. The molecule has 2 aromatic carbocycles. The van der Waals surface area contributed by atoms with Crippen LogP contribution in [-0.4, -0.2) is 81.4 Å². The average Bonchev–Trinajstić information content (AvgIpc) is 3.59. The van der Waals surface area contributed by atoms with Gasteiger partial charge in [-0.1, -0.05) is 76.6 Å². The topological polar surface area (TPSA) is 90.4 Å². The number of carbonyl (C=O) groups excluding carboxylic acids is 3. The highest BCUT2D eigenvalue weighted by atomic mass is 79.9. The van der Waals surface area contributed by atoms with Crippen molar-refractivity contribution in [3.63, 3.8) is 0 Å². The Balaban J connectivity index is 1.54. The quantitative estimate of drug-likeness (QED) is 0.205. The number of aliphatic hydroxyl groups excluding tert-OH is 1. The Bertz CT molecular complexity index is 1310. The summed E-state index contributed by atoms with van der Waals surface area (Å²) in [5.41, 5.74) is 0.520. The van der Waals surface area contributed by atoms with Gasteiger partial charge in [0, 0.05) is 43.3 Å². The summed E-state index contributed by atoms with van der Waals surface area (Å²) in [6.45, 7) is 8.93. The monoisotopic (exact) mass is 635 g/mol. The molecule has 3 unspecified atom stereocenters. The normalized spacial score (nSPS) is 27.5. The Kier molecular flexibility index (Phi) is 9.30. The number of alkyl halides is 1. The highest BCUT2D eigenvalue weighted by Gasteiger charge is 2.76. The predicted molar refractivity (Wildman–Crippen MR) is 165 cm³/mol. The Morgan fingerprint density at radius 2 is 1.69 bits per heavy atom. The first-order chi connectivity index (χ1) is 20.4. The SMILES string of the molecule is C=CCN(Cc1ccccc1)C(=O)C1N(CCCCO)C(=O)[C@@H]2[C@H](C(=O)N(CC=C)c3ccccc3)[C@H]3OC12CC3Br. The zero-order valence-electron chi connectivity index (χ0n) is 23.7. The minimum absolute atomic E-state index is 0.0113. The Labute approximate surface area is 255 Å². The van der Waals surface area contributed by atoms with E-state index in [1.807, 2.05) is 60.7 Å². The van der Waals surface area contributed by atoms with Gasteiger partial charge in [0.1, 0.15) is 11.6 Å². The fourth-order valence-electron chi connectivity index (χ4n) is 6.93. The number of ether oxygens (including phenoxy) is 1. The van der Waals surface area contributed by atoms with E-state index in [0.29, 0.717) is 38.0 Å². The smallest absolute Gasteiger partial charge is 0.248 e. The summed E-state index contributed by atoms with van der Waals surface area (Å²) in [6, 6.07) is 18.1. The van der Waals surface area contributed by atoms with Gasteiger partial charge in [0.2, 0.25) is 17.7 Å². The van der Waals surface area contributed by atoms with Crippen LogP contribution in [0, 0.1) is 11.8 Å². The molecule has 222 valence electrons. The van der Waals surface area contributed by atoms with Gasteiger partial charge in [-0.15, -0.1) is 13.2 Å². The van der Waals surface area contributed by atoms with Crippen molar-refractivity contribution < 1.29 is 24.2 Å². The number of carbonyl (C=O) groups is 3. The number of anilines is 1. The minimum atomic E-state index is -1.15. The van der Waals surface area contributed by atoms with Gasteiger partial charge in [-0.3, -0.25) is 14.4 Å². The van der Waals surface area contributed by atoms with Crippen LogP contribution in [0.3, 0.4) is 0 Å². The molecule has 0 aromatic heterocycles. The van der Waals surface area contributed by atoms with Crippen LogP contribution in [0.15, 0.2) is 86.0 Å². The van der Waals surface area contributed by atoms with Gasteiger partial charge in [-0.05, 0) is 37.0 Å². The van der Waals surface area contributed by atoms with Crippen LogP contribution in [0.4, 0.5) is 5.69 Å². The zero-order valence-corrected chi connectivity index (χ0v) is 25.3. The molecule has 3 aliphatic rings.